The van der Waals surface area contributed by atoms with Gasteiger partial charge in [-0.2, -0.15) is 4.31 Å². The van der Waals surface area contributed by atoms with Gasteiger partial charge in [-0.05, 0) is 48.6 Å². The van der Waals surface area contributed by atoms with Crippen molar-refractivity contribution in [3.05, 3.63) is 54.1 Å². The normalized spacial score (nSPS) is 22.3. The maximum atomic E-state index is 13.5. The van der Waals surface area contributed by atoms with Gasteiger partial charge in [-0.3, -0.25) is 4.79 Å². The van der Waals surface area contributed by atoms with E-state index >= 15 is 0 Å². The number of methoxy groups -OCH3 is 1. The smallest absolute Gasteiger partial charge is 0.254 e. The summed E-state index contributed by atoms with van der Waals surface area (Å²) in [5, 5.41) is 0. The Morgan fingerprint density at radius 1 is 0.939 bits per heavy atom. The third-order valence-corrected chi connectivity index (χ3v) is 8.40. The summed E-state index contributed by atoms with van der Waals surface area (Å²) in [4.78, 5) is 17.4. The summed E-state index contributed by atoms with van der Waals surface area (Å²) in [6, 6.07) is 14.9. The molecule has 0 aliphatic carbocycles. The zero-order chi connectivity index (χ0) is 23.6. The highest BCUT2D eigenvalue weighted by Crippen LogP contribution is 2.32. The van der Waals surface area contributed by atoms with E-state index in [-0.39, 0.29) is 16.6 Å². The van der Waals surface area contributed by atoms with Gasteiger partial charge in [-0.15, -0.1) is 0 Å². The van der Waals surface area contributed by atoms with Crippen LogP contribution in [0.3, 0.4) is 0 Å². The summed E-state index contributed by atoms with van der Waals surface area (Å²) in [5.74, 6) is 0.703. The molecule has 8 heteroatoms. The predicted molar refractivity (Wildman–Crippen MR) is 129 cm³/mol. The van der Waals surface area contributed by atoms with E-state index in [2.05, 4.69) is 30.9 Å². The number of piperidine rings is 1. The molecule has 178 valence electrons. The Morgan fingerprint density at radius 2 is 1.58 bits per heavy atom. The van der Waals surface area contributed by atoms with E-state index in [4.69, 9.17) is 4.74 Å². The van der Waals surface area contributed by atoms with E-state index in [9.17, 15) is 13.2 Å². The number of sulfonamides is 1. The SMILES string of the molecule is COc1ccc(C(=O)N2CCN(c3ccccc3)CC2)cc1S(=O)(=O)N1C[C@H](C)C[C@H](C)C1. The Balaban J connectivity index is 1.53. The summed E-state index contributed by atoms with van der Waals surface area (Å²) >= 11 is 0. The number of benzene rings is 2. The second-order valence-corrected chi connectivity index (χ2v) is 11.2. The molecule has 0 unspecified atom stereocenters. The van der Waals surface area contributed by atoms with Crippen LogP contribution in [0, 0.1) is 11.8 Å². The van der Waals surface area contributed by atoms with Crippen molar-refractivity contribution in [3.63, 3.8) is 0 Å². The van der Waals surface area contributed by atoms with Gasteiger partial charge in [0.1, 0.15) is 10.6 Å². The average Bonchev–Trinajstić information content (AvgIpc) is 2.83. The van der Waals surface area contributed by atoms with Crippen LogP contribution in [0.25, 0.3) is 0 Å². The fourth-order valence-electron chi connectivity index (χ4n) is 4.94. The van der Waals surface area contributed by atoms with Crippen molar-refractivity contribution in [2.45, 2.75) is 25.2 Å². The molecule has 33 heavy (non-hydrogen) atoms. The summed E-state index contributed by atoms with van der Waals surface area (Å²) in [7, 11) is -2.31. The van der Waals surface area contributed by atoms with Gasteiger partial charge in [-0.25, -0.2) is 8.42 Å². The number of anilines is 1. The molecule has 0 bridgehead atoms. The number of hydrogen-bond donors (Lipinski definition) is 0. The minimum atomic E-state index is -3.77. The van der Waals surface area contributed by atoms with E-state index in [1.807, 2.05) is 18.2 Å². The standard InChI is InChI=1S/C25H33N3O4S/c1-19-15-20(2)18-28(17-19)33(30,31)24-16-21(9-10-23(24)32-3)25(29)27-13-11-26(12-14-27)22-7-5-4-6-8-22/h4-10,16,19-20H,11-15,17-18H2,1-3H3/t19-,20+. The highest BCUT2D eigenvalue weighted by molar-refractivity contribution is 7.89. The first-order valence-corrected chi connectivity index (χ1v) is 13.0. The lowest BCUT2D eigenvalue weighted by molar-refractivity contribution is 0.0746. The zero-order valence-corrected chi connectivity index (χ0v) is 20.4. The van der Waals surface area contributed by atoms with Crippen LogP contribution < -0.4 is 9.64 Å². The molecule has 0 aromatic heterocycles. The van der Waals surface area contributed by atoms with Gasteiger partial charge in [0, 0.05) is 50.5 Å². The molecule has 4 rings (SSSR count). The van der Waals surface area contributed by atoms with Crippen LogP contribution in [0.4, 0.5) is 5.69 Å². The maximum absolute atomic E-state index is 13.5. The molecule has 2 atom stereocenters. The number of hydrogen-bond acceptors (Lipinski definition) is 5. The number of para-hydroxylation sites is 1. The Kier molecular flexibility index (Phi) is 6.95. The molecule has 2 aromatic carbocycles. The lowest BCUT2D eigenvalue weighted by atomic mass is 9.94. The summed E-state index contributed by atoms with van der Waals surface area (Å²) in [5.41, 5.74) is 1.52. The first-order valence-electron chi connectivity index (χ1n) is 11.6. The molecule has 1 amide bonds. The van der Waals surface area contributed by atoms with Crippen LogP contribution in [0.15, 0.2) is 53.4 Å². The Bertz CT molecular complexity index is 1070. The molecule has 2 aliphatic rings. The zero-order valence-electron chi connectivity index (χ0n) is 19.6. The van der Waals surface area contributed by atoms with Crippen LogP contribution >= 0.6 is 0 Å². The summed E-state index contributed by atoms with van der Waals surface area (Å²) < 4.78 is 34.0. The van der Waals surface area contributed by atoms with Gasteiger partial charge in [0.15, 0.2) is 0 Å². The number of carbonyl (C=O) groups excluding carboxylic acids is 1. The first kappa shape index (κ1) is 23.6. The molecule has 2 aromatic rings. The van der Waals surface area contributed by atoms with E-state index < -0.39 is 10.0 Å². The molecule has 2 heterocycles. The number of carbonyl (C=O) groups is 1. The quantitative estimate of drug-likeness (QED) is 0.669. The van der Waals surface area contributed by atoms with Gasteiger partial charge in [0.05, 0.1) is 7.11 Å². The molecule has 2 saturated heterocycles. The number of nitrogens with zero attached hydrogens (tertiary/aromatic N) is 3. The third-order valence-electron chi connectivity index (χ3n) is 6.55. The third kappa shape index (κ3) is 5.01. The lowest BCUT2D eigenvalue weighted by Crippen LogP contribution is -2.48. The van der Waals surface area contributed by atoms with E-state index in [0.29, 0.717) is 43.6 Å². The molecule has 0 spiro atoms. The number of ether oxygens (including phenoxy) is 1. The van der Waals surface area contributed by atoms with Crippen molar-refractivity contribution in [3.8, 4) is 5.75 Å². The molecule has 0 N–H and O–H groups in total. The Labute approximate surface area is 197 Å². The largest absolute Gasteiger partial charge is 0.495 e. The fourth-order valence-corrected chi connectivity index (χ4v) is 6.80. The molecule has 7 nitrogen and oxygen atoms in total. The molecular formula is C25H33N3O4S. The van der Waals surface area contributed by atoms with Crippen LogP contribution in [0.1, 0.15) is 30.6 Å². The fraction of sp³-hybridized carbons (Fsp3) is 0.480. The number of piperazine rings is 1. The second-order valence-electron chi connectivity index (χ2n) is 9.25. The van der Waals surface area contributed by atoms with Gasteiger partial charge in [0.25, 0.3) is 5.91 Å². The van der Waals surface area contributed by atoms with Crippen molar-refractivity contribution in [2.24, 2.45) is 11.8 Å². The van der Waals surface area contributed by atoms with Crippen molar-refractivity contribution in [1.29, 1.82) is 0 Å². The van der Waals surface area contributed by atoms with E-state index in [0.717, 1.165) is 25.2 Å². The van der Waals surface area contributed by atoms with Crippen molar-refractivity contribution in [2.75, 3.05) is 51.3 Å². The van der Waals surface area contributed by atoms with Crippen LogP contribution in [-0.4, -0.2) is 69.9 Å². The highest BCUT2D eigenvalue weighted by atomic mass is 32.2. The van der Waals surface area contributed by atoms with Gasteiger partial charge in [-0.1, -0.05) is 32.0 Å². The molecule has 2 aliphatic heterocycles. The number of rotatable bonds is 5. The lowest BCUT2D eigenvalue weighted by Gasteiger charge is -2.36. The van der Waals surface area contributed by atoms with Crippen LogP contribution in [0.5, 0.6) is 5.75 Å². The first-order chi connectivity index (χ1) is 15.8. The van der Waals surface area contributed by atoms with E-state index in [1.54, 1.807) is 17.0 Å². The number of amides is 1. The average molecular weight is 472 g/mol. The monoisotopic (exact) mass is 471 g/mol. The highest BCUT2D eigenvalue weighted by Gasteiger charge is 2.34. The van der Waals surface area contributed by atoms with Crippen LogP contribution in [-0.2, 0) is 10.0 Å². The topological polar surface area (TPSA) is 70.2 Å². The molecular weight excluding hydrogens is 438 g/mol. The maximum Gasteiger partial charge on any atom is 0.254 e. The molecule has 0 radical (unpaired) electrons. The van der Waals surface area contributed by atoms with Gasteiger partial charge >= 0.3 is 0 Å². The van der Waals surface area contributed by atoms with Gasteiger partial charge in [0.2, 0.25) is 10.0 Å². The predicted octanol–water partition coefficient (Wildman–Crippen LogP) is 3.32. The minimum absolute atomic E-state index is 0.0695. The molecule has 0 saturated carbocycles. The van der Waals surface area contributed by atoms with Crippen molar-refractivity contribution >= 4 is 21.6 Å². The van der Waals surface area contributed by atoms with E-state index in [1.165, 1.54) is 17.5 Å². The van der Waals surface area contributed by atoms with Gasteiger partial charge < -0.3 is 14.5 Å². The second kappa shape index (κ2) is 9.73. The van der Waals surface area contributed by atoms with Crippen molar-refractivity contribution < 1.29 is 17.9 Å². The van der Waals surface area contributed by atoms with Crippen molar-refractivity contribution in [1.82, 2.24) is 9.21 Å². The van der Waals surface area contributed by atoms with Crippen LogP contribution in [0.2, 0.25) is 0 Å². The summed E-state index contributed by atoms with van der Waals surface area (Å²) in [6.45, 7) is 7.76. The Morgan fingerprint density at radius 3 is 2.18 bits per heavy atom. The molecule has 2 fully saturated rings. The summed E-state index contributed by atoms with van der Waals surface area (Å²) in [6.07, 6.45) is 1.01. The Hall–Kier alpha value is -2.58. The minimum Gasteiger partial charge on any atom is -0.495 e.